The van der Waals surface area contributed by atoms with E-state index in [4.69, 9.17) is 18.6 Å². The highest BCUT2D eigenvalue weighted by Crippen LogP contribution is 2.36. The Morgan fingerprint density at radius 3 is 2.59 bits per heavy atom. The Morgan fingerprint density at radius 2 is 1.96 bits per heavy atom. The number of hydrogen-bond acceptors (Lipinski definition) is 6. The van der Waals surface area contributed by atoms with Crippen molar-refractivity contribution in [3.05, 3.63) is 65.0 Å². The van der Waals surface area contributed by atoms with Gasteiger partial charge in [-0.15, -0.1) is 6.58 Å². The topological polar surface area (TPSA) is 78.1 Å². The Morgan fingerprint density at radius 1 is 1.22 bits per heavy atom. The number of ether oxygens (including phenoxy) is 3. The molecule has 0 atom stereocenters. The summed E-state index contributed by atoms with van der Waals surface area (Å²) in [6, 6.07) is 8.60. The van der Waals surface area contributed by atoms with Crippen molar-refractivity contribution in [1.82, 2.24) is 0 Å². The van der Waals surface area contributed by atoms with Gasteiger partial charge in [-0.3, -0.25) is 4.79 Å². The Balaban J connectivity index is 2.20. The van der Waals surface area contributed by atoms with Crippen molar-refractivity contribution in [1.29, 1.82) is 0 Å². The second-order valence-electron chi connectivity index (χ2n) is 5.83. The van der Waals surface area contributed by atoms with Gasteiger partial charge in [0.1, 0.15) is 34.5 Å². The molecule has 140 valence electrons. The maximum absolute atomic E-state index is 13.0. The second kappa shape index (κ2) is 7.97. The molecule has 3 aromatic rings. The van der Waals surface area contributed by atoms with Crippen LogP contribution in [0.15, 0.2) is 58.5 Å². The SMILES string of the molecule is C=CCc1c(OCOC)cc2occ(-c3ccc(OC)cc3)c(=O)c2c1O. The lowest BCUT2D eigenvalue weighted by Crippen LogP contribution is -2.08. The summed E-state index contributed by atoms with van der Waals surface area (Å²) in [5, 5.41) is 10.8. The van der Waals surface area contributed by atoms with E-state index in [9.17, 15) is 9.90 Å². The average molecular weight is 368 g/mol. The van der Waals surface area contributed by atoms with Crippen LogP contribution in [0.3, 0.4) is 0 Å². The molecule has 6 heteroatoms. The van der Waals surface area contributed by atoms with Gasteiger partial charge < -0.3 is 23.7 Å². The first-order valence-corrected chi connectivity index (χ1v) is 8.28. The van der Waals surface area contributed by atoms with E-state index in [1.807, 2.05) is 0 Å². The van der Waals surface area contributed by atoms with Crippen molar-refractivity contribution < 1.29 is 23.7 Å². The molecule has 0 amide bonds. The molecule has 0 spiro atoms. The molecule has 1 heterocycles. The minimum absolute atomic E-state index is 0.00323. The van der Waals surface area contributed by atoms with Crippen LogP contribution in [-0.2, 0) is 11.2 Å². The first-order valence-electron chi connectivity index (χ1n) is 8.28. The fourth-order valence-electron chi connectivity index (χ4n) is 2.85. The van der Waals surface area contributed by atoms with E-state index in [2.05, 4.69) is 6.58 Å². The quantitative estimate of drug-likeness (QED) is 0.504. The fourth-order valence-corrected chi connectivity index (χ4v) is 2.85. The van der Waals surface area contributed by atoms with Gasteiger partial charge in [-0.2, -0.15) is 0 Å². The number of benzene rings is 2. The van der Waals surface area contributed by atoms with Crippen LogP contribution < -0.4 is 14.9 Å². The van der Waals surface area contributed by atoms with Crippen molar-refractivity contribution in [2.45, 2.75) is 6.42 Å². The Bertz CT molecular complexity index is 1020. The van der Waals surface area contributed by atoms with Gasteiger partial charge in [0.05, 0.1) is 12.7 Å². The number of hydrogen-bond donors (Lipinski definition) is 1. The van der Waals surface area contributed by atoms with E-state index in [0.29, 0.717) is 34.6 Å². The van der Waals surface area contributed by atoms with E-state index >= 15 is 0 Å². The fraction of sp³-hybridized carbons (Fsp3) is 0.190. The molecule has 1 N–H and O–H groups in total. The van der Waals surface area contributed by atoms with Crippen LogP contribution in [0, 0.1) is 0 Å². The zero-order chi connectivity index (χ0) is 19.4. The molecule has 0 aliphatic heterocycles. The number of rotatable bonds is 7. The van der Waals surface area contributed by atoms with Crippen molar-refractivity contribution in [2.24, 2.45) is 0 Å². The Kier molecular flexibility index (Phi) is 5.47. The van der Waals surface area contributed by atoms with E-state index < -0.39 is 0 Å². The first-order chi connectivity index (χ1) is 13.1. The highest BCUT2D eigenvalue weighted by Gasteiger charge is 2.19. The molecule has 0 aliphatic rings. The lowest BCUT2D eigenvalue weighted by atomic mass is 10.0. The third-order valence-electron chi connectivity index (χ3n) is 4.19. The molecule has 0 radical (unpaired) electrons. The summed E-state index contributed by atoms with van der Waals surface area (Å²) in [5.74, 6) is 0.879. The lowest BCUT2D eigenvalue weighted by molar-refractivity contribution is 0.0504. The molecule has 2 aromatic carbocycles. The predicted octanol–water partition coefficient (Wildman–Crippen LogP) is 3.89. The molecule has 0 saturated carbocycles. The number of fused-ring (bicyclic) bond motifs is 1. The minimum atomic E-state index is -0.331. The van der Waals surface area contributed by atoms with Crippen LogP contribution in [0.5, 0.6) is 17.2 Å². The van der Waals surface area contributed by atoms with Gasteiger partial charge in [-0.1, -0.05) is 18.2 Å². The summed E-state index contributed by atoms with van der Waals surface area (Å²) in [5.41, 5.74) is 1.36. The monoisotopic (exact) mass is 368 g/mol. The van der Waals surface area contributed by atoms with Gasteiger partial charge in [0, 0.05) is 18.7 Å². The molecular formula is C21H20O6. The number of phenolic OH excluding ortho intramolecular Hbond substituents is 1. The van der Waals surface area contributed by atoms with Gasteiger partial charge in [0.15, 0.2) is 6.79 Å². The van der Waals surface area contributed by atoms with Crippen molar-refractivity contribution in [3.63, 3.8) is 0 Å². The van der Waals surface area contributed by atoms with Gasteiger partial charge in [-0.05, 0) is 24.1 Å². The van der Waals surface area contributed by atoms with Crippen LogP contribution >= 0.6 is 0 Å². The molecular weight excluding hydrogens is 348 g/mol. The number of allylic oxidation sites excluding steroid dienone is 1. The zero-order valence-electron chi connectivity index (χ0n) is 15.2. The van der Waals surface area contributed by atoms with Crippen LogP contribution in [0.25, 0.3) is 22.1 Å². The van der Waals surface area contributed by atoms with Crippen LogP contribution in [0.1, 0.15) is 5.56 Å². The summed E-state index contributed by atoms with van der Waals surface area (Å²) < 4.78 is 21.2. The van der Waals surface area contributed by atoms with Gasteiger partial charge in [0.2, 0.25) is 5.43 Å². The summed E-state index contributed by atoms with van der Waals surface area (Å²) in [4.78, 5) is 13.0. The molecule has 0 aliphatic carbocycles. The zero-order valence-corrected chi connectivity index (χ0v) is 15.2. The summed E-state index contributed by atoms with van der Waals surface area (Å²) in [7, 11) is 3.07. The lowest BCUT2D eigenvalue weighted by Gasteiger charge is -2.13. The predicted molar refractivity (Wildman–Crippen MR) is 103 cm³/mol. The molecule has 27 heavy (non-hydrogen) atoms. The van der Waals surface area contributed by atoms with Crippen molar-refractivity contribution in [2.75, 3.05) is 21.0 Å². The maximum atomic E-state index is 13.0. The molecule has 0 bridgehead atoms. The molecule has 1 aromatic heterocycles. The van der Waals surface area contributed by atoms with Gasteiger partial charge >= 0.3 is 0 Å². The van der Waals surface area contributed by atoms with E-state index in [-0.39, 0.29) is 28.9 Å². The molecule has 3 rings (SSSR count). The summed E-state index contributed by atoms with van der Waals surface area (Å²) >= 11 is 0. The third kappa shape index (κ3) is 3.52. The van der Waals surface area contributed by atoms with Gasteiger partial charge in [-0.25, -0.2) is 0 Å². The van der Waals surface area contributed by atoms with Crippen molar-refractivity contribution >= 4 is 11.0 Å². The highest BCUT2D eigenvalue weighted by atomic mass is 16.7. The standard InChI is InChI=1S/C21H20O6/c1-4-5-15-17(27-12-24-2)10-18-19(20(15)22)21(23)16(11-26-18)13-6-8-14(25-3)9-7-13/h4,6-11,22H,1,5,12H2,2-3H3. The largest absolute Gasteiger partial charge is 0.507 e. The first kappa shape index (κ1) is 18.5. The van der Waals surface area contributed by atoms with Crippen LogP contribution in [0.2, 0.25) is 0 Å². The minimum Gasteiger partial charge on any atom is -0.507 e. The summed E-state index contributed by atoms with van der Waals surface area (Å²) in [6.07, 6.45) is 3.32. The smallest absolute Gasteiger partial charge is 0.204 e. The Hall–Kier alpha value is -3.25. The maximum Gasteiger partial charge on any atom is 0.204 e. The average Bonchev–Trinajstić information content (AvgIpc) is 2.69. The van der Waals surface area contributed by atoms with E-state index in [1.165, 1.54) is 13.4 Å². The van der Waals surface area contributed by atoms with E-state index in [1.54, 1.807) is 43.5 Å². The van der Waals surface area contributed by atoms with Crippen LogP contribution in [0.4, 0.5) is 0 Å². The molecule has 0 saturated heterocycles. The third-order valence-corrected chi connectivity index (χ3v) is 4.19. The molecule has 0 unspecified atom stereocenters. The number of aromatic hydroxyl groups is 1. The summed E-state index contributed by atoms with van der Waals surface area (Å²) in [6.45, 7) is 3.69. The van der Waals surface area contributed by atoms with E-state index in [0.717, 1.165) is 0 Å². The van der Waals surface area contributed by atoms with Crippen molar-refractivity contribution in [3.8, 4) is 28.4 Å². The van der Waals surface area contributed by atoms with Crippen LogP contribution in [-0.4, -0.2) is 26.1 Å². The normalized spacial score (nSPS) is 10.7. The molecule has 6 nitrogen and oxygen atoms in total. The Labute approximate surface area is 156 Å². The second-order valence-corrected chi connectivity index (χ2v) is 5.83. The highest BCUT2D eigenvalue weighted by molar-refractivity contribution is 5.89. The number of phenols is 1. The van der Waals surface area contributed by atoms with Gasteiger partial charge in [0.25, 0.3) is 0 Å². The molecule has 0 fully saturated rings. The number of methoxy groups -OCH3 is 2.